The van der Waals surface area contributed by atoms with Crippen molar-refractivity contribution >= 4 is 49.3 Å². The Bertz CT molecular complexity index is 1460. The summed E-state index contributed by atoms with van der Waals surface area (Å²) in [7, 11) is 0. The first kappa shape index (κ1) is 22.0. The second-order valence-electron chi connectivity index (χ2n) is 9.40. The molecule has 0 N–H and O–H groups in total. The lowest BCUT2D eigenvalue weighted by molar-refractivity contribution is 0.0971. The van der Waals surface area contributed by atoms with E-state index >= 15 is 0 Å². The molecule has 0 aliphatic carbocycles. The van der Waals surface area contributed by atoms with Crippen LogP contribution in [0.5, 0.6) is 0 Å². The largest absolute Gasteiger partial charge is 0.450 e. The van der Waals surface area contributed by atoms with E-state index in [1.807, 2.05) is 26.0 Å². The molecule has 1 aliphatic rings. The van der Waals surface area contributed by atoms with Gasteiger partial charge in [0.05, 0.1) is 22.7 Å². The molecule has 1 atom stereocenters. The Kier molecular flexibility index (Phi) is 5.10. The van der Waals surface area contributed by atoms with Crippen molar-refractivity contribution in [2.24, 2.45) is 0 Å². The number of thiazole rings is 1. The number of carbonyl (C=O) groups is 1. The van der Waals surface area contributed by atoms with Gasteiger partial charge in [-0.2, -0.15) is 0 Å². The van der Waals surface area contributed by atoms with Gasteiger partial charge in [-0.25, -0.2) is 4.98 Å². The molecule has 1 aliphatic heterocycles. The van der Waals surface area contributed by atoms with E-state index in [4.69, 9.17) is 4.42 Å². The Morgan fingerprint density at radius 1 is 1.06 bits per heavy atom. The van der Waals surface area contributed by atoms with Gasteiger partial charge in [0.25, 0.3) is 5.91 Å². The summed E-state index contributed by atoms with van der Waals surface area (Å²) in [4.78, 5) is 34.6. The van der Waals surface area contributed by atoms with Gasteiger partial charge in [0, 0.05) is 9.35 Å². The second-order valence-corrected chi connectivity index (χ2v) is 11.5. The van der Waals surface area contributed by atoms with Crippen LogP contribution in [-0.2, 0) is 5.41 Å². The van der Waals surface area contributed by atoms with Crippen LogP contribution in [0.4, 0.5) is 5.13 Å². The summed E-state index contributed by atoms with van der Waals surface area (Å²) in [6, 6.07) is 12.8. The van der Waals surface area contributed by atoms with E-state index in [1.165, 1.54) is 16.9 Å². The van der Waals surface area contributed by atoms with Crippen LogP contribution in [0.25, 0.3) is 11.0 Å². The average Bonchev–Trinajstić information content (AvgIpc) is 3.24. The van der Waals surface area contributed by atoms with E-state index in [1.54, 1.807) is 23.1 Å². The number of anilines is 1. The maximum absolute atomic E-state index is 13.7. The maximum Gasteiger partial charge on any atom is 0.297 e. The molecule has 0 saturated heterocycles. The molecule has 3 heterocycles. The molecular weight excluding hydrogens is 500 g/mol. The van der Waals surface area contributed by atoms with E-state index in [9.17, 15) is 9.59 Å². The van der Waals surface area contributed by atoms with Crippen molar-refractivity contribution in [2.45, 2.75) is 46.1 Å². The monoisotopic (exact) mass is 522 g/mol. The predicted molar refractivity (Wildman–Crippen MR) is 136 cm³/mol. The van der Waals surface area contributed by atoms with E-state index < -0.39 is 6.04 Å². The minimum absolute atomic E-state index is 0.00728. The molecule has 0 spiro atoms. The normalized spacial score (nSPS) is 16.0. The summed E-state index contributed by atoms with van der Waals surface area (Å²) < 4.78 is 6.81. The summed E-state index contributed by atoms with van der Waals surface area (Å²) in [6.07, 6.45) is 0. The Morgan fingerprint density at radius 2 is 1.76 bits per heavy atom. The van der Waals surface area contributed by atoms with Crippen LogP contribution in [0.15, 0.2) is 56.1 Å². The molecule has 0 radical (unpaired) electrons. The smallest absolute Gasteiger partial charge is 0.297 e. The molecular formula is C26H23BrN2O3S. The third-order valence-electron chi connectivity index (χ3n) is 6.15. The van der Waals surface area contributed by atoms with E-state index in [2.05, 4.69) is 53.8 Å². The van der Waals surface area contributed by atoms with Gasteiger partial charge in [-0.05, 0) is 48.6 Å². The lowest BCUT2D eigenvalue weighted by Crippen LogP contribution is -2.29. The van der Waals surface area contributed by atoms with E-state index in [0.717, 1.165) is 20.6 Å². The van der Waals surface area contributed by atoms with Crippen molar-refractivity contribution in [3.8, 4) is 0 Å². The van der Waals surface area contributed by atoms with Crippen LogP contribution < -0.4 is 10.3 Å². The third kappa shape index (κ3) is 3.54. The summed E-state index contributed by atoms with van der Waals surface area (Å²) in [5.74, 6) is -0.254. The highest BCUT2D eigenvalue weighted by atomic mass is 79.9. The van der Waals surface area contributed by atoms with Gasteiger partial charge in [-0.15, -0.1) is 11.3 Å². The molecule has 7 heteroatoms. The standard InChI is InChI=1S/C26H23BrN2O3S/c1-13-14(2)33-25(28-13)29-21(15-6-8-16(9-7-15)26(3,4)5)20-22(30)18-12-17(27)10-11-19(18)32-23(20)24(29)31/h6-12,21H,1-5H3/t21-/m1/s1. The molecule has 0 bridgehead atoms. The zero-order valence-corrected chi connectivity index (χ0v) is 21.4. The van der Waals surface area contributed by atoms with E-state index in [-0.39, 0.29) is 22.5 Å². The Labute approximate surface area is 204 Å². The minimum atomic E-state index is -0.605. The number of halogens is 1. The number of nitrogens with zero attached hydrogens (tertiary/aromatic N) is 2. The molecule has 5 nitrogen and oxygen atoms in total. The number of hydrogen-bond donors (Lipinski definition) is 0. The fourth-order valence-electron chi connectivity index (χ4n) is 4.18. The average molecular weight is 523 g/mol. The van der Waals surface area contributed by atoms with Gasteiger partial charge in [0.1, 0.15) is 5.58 Å². The van der Waals surface area contributed by atoms with Crippen molar-refractivity contribution in [1.82, 2.24) is 4.98 Å². The highest BCUT2D eigenvalue weighted by Gasteiger charge is 2.45. The highest BCUT2D eigenvalue weighted by Crippen LogP contribution is 2.43. The lowest BCUT2D eigenvalue weighted by atomic mass is 9.86. The first-order chi connectivity index (χ1) is 15.6. The molecule has 5 rings (SSSR count). The first-order valence-electron chi connectivity index (χ1n) is 10.7. The van der Waals surface area contributed by atoms with Crippen molar-refractivity contribution < 1.29 is 9.21 Å². The molecule has 1 amide bonds. The molecule has 2 aromatic heterocycles. The van der Waals surface area contributed by atoms with Gasteiger partial charge >= 0.3 is 0 Å². The Hall–Kier alpha value is -2.77. The number of benzene rings is 2. The van der Waals surface area contributed by atoms with Gasteiger partial charge in [-0.1, -0.05) is 61.0 Å². The Morgan fingerprint density at radius 3 is 2.36 bits per heavy atom. The van der Waals surface area contributed by atoms with Crippen LogP contribution in [0, 0.1) is 13.8 Å². The number of rotatable bonds is 2. The minimum Gasteiger partial charge on any atom is -0.450 e. The molecule has 33 heavy (non-hydrogen) atoms. The zero-order chi connectivity index (χ0) is 23.7. The van der Waals surface area contributed by atoms with Gasteiger partial charge < -0.3 is 4.42 Å². The molecule has 0 saturated carbocycles. The van der Waals surface area contributed by atoms with E-state index in [0.29, 0.717) is 21.7 Å². The molecule has 0 unspecified atom stereocenters. The zero-order valence-electron chi connectivity index (χ0n) is 19.0. The van der Waals surface area contributed by atoms with Crippen LogP contribution in [0.1, 0.15) is 64.6 Å². The van der Waals surface area contributed by atoms with Crippen molar-refractivity contribution in [3.05, 3.63) is 90.2 Å². The van der Waals surface area contributed by atoms with Crippen LogP contribution in [-0.4, -0.2) is 10.9 Å². The molecule has 4 aromatic rings. The van der Waals surface area contributed by atoms with Crippen molar-refractivity contribution in [3.63, 3.8) is 0 Å². The summed E-state index contributed by atoms with van der Waals surface area (Å²) >= 11 is 4.89. The number of amides is 1. The summed E-state index contributed by atoms with van der Waals surface area (Å²) in [5.41, 5.74) is 3.45. The fourth-order valence-corrected chi connectivity index (χ4v) is 5.48. The second kappa shape index (κ2) is 7.64. The van der Waals surface area contributed by atoms with Gasteiger partial charge in [-0.3, -0.25) is 14.5 Å². The number of hydrogen-bond acceptors (Lipinski definition) is 5. The number of fused-ring (bicyclic) bond motifs is 2. The number of aryl methyl sites for hydroxylation is 2. The summed E-state index contributed by atoms with van der Waals surface area (Å²) in [5, 5.41) is 1.01. The molecule has 168 valence electrons. The fraction of sp³-hybridized carbons (Fsp3) is 0.269. The van der Waals surface area contributed by atoms with Crippen molar-refractivity contribution in [1.29, 1.82) is 0 Å². The molecule has 0 fully saturated rings. The topological polar surface area (TPSA) is 63.4 Å². The SMILES string of the molecule is Cc1nc(N2C(=O)c3oc4ccc(Br)cc4c(=O)c3[C@H]2c2ccc(C(C)(C)C)cc2)sc1C. The van der Waals surface area contributed by atoms with Crippen LogP contribution in [0.2, 0.25) is 0 Å². The third-order valence-corrected chi connectivity index (χ3v) is 7.71. The Balaban J connectivity index is 1.78. The lowest BCUT2D eigenvalue weighted by Gasteiger charge is -2.24. The maximum atomic E-state index is 13.7. The quantitative estimate of drug-likeness (QED) is 0.294. The first-order valence-corrected chi connectivity index (χ1v) is 12.3. The van der Waals surface area contributed by atoms with Gasteiger partial charge in [0.15, 0.2) is 10.6 Å². The summed E-state index contributed by atoms with van der Waals surface area (Å²) in [6.45, 7) is 10.4. The molecule has 2 aromatic carbocycles. The highest BCUT2D eigenvalue weighted by molar-refractivity contribution is 9.10. The number of carbonyl (C=O) groups excluding carboxylic acids is 1. The predicted octanol–water partition coefficient (Wildman–Crippen LogP) is 6.68. The number of aromatic nitrogens is 1. The van der Waals surface area contributed by atoms with Crippen LogP contribution in [0.3, 0.4) is 0 Å². The van der Waals surface area contributed by atoms with Crippen molar-refractivity contribution in [2.75, 3.05) is 4.90 Å². The van der Waals surface area contributed by atoms with Gasteiger partial charge in [0.2, 0.25) is 5.76 Å². The van der Waals surface area contributed by atoms with Crippen LogP contribution >= 0.6 is 27.3 Å².